The first-order chi connectivity index (χ1) is 9.05. The van der Waals surface area contributed by atoms with Gasteiger partial charge in [-0.1, -0.05) is 22.0 Å². The van der Waals surface area contributed by atoms with Gasteiger partial charge in [-0.3, -0.25) is 0 Å². The summed E-state index contributed by atoms with van der Waals surface area (Å²) in [6.07, 6.45) is 4.70. The van der Waals surface area contributed by atoms with Crippen LogP contribution in [0.1, 0.15) is 25.7 Å². The van der Waals surface area contributed by atoms with Crippen LogP contribution in [-0.2, 0) is 10.0 Å². The Kier molecular flexibility index (Phi) is 3.71. The summed E-state index contributed by atoms with van der Waals surface area (Å²) in [5.74, 6) is 1.17. The third-order valence-electron chi connectivity index (χ3n) is 3.75. The highest BCUT2D eigenvalue weighted by Crippen LogP contribution is 2.36. The van der Waals surface area contributed by atoms with Crippen molar-refractivity contribution < 1.29 is 8.42 Å². The van der Waals surface area contributed by atoms with E-state index >= 15 is 0 Å². The van der Waals surface area contributed by atoms with Crippen molar-refractivity contribution in [3.8, 4) is 0 Å². The second kappa shape index (κ2) is 5.19. The van der Waals surface area contributed by atoms with E-state index in [0.29, 0.717) is 29.8 Å². The molecule has 0 amide bonds. The van der Waals surface area contributed by atoms with Crippen LogP contribution in [-0.4, -0.2) is 25.8 Å². The molecule has 2 fully saturated rings. The van der Waals surface area contributed by atoms with Crippen LogP contribution in [0.5, 0.6) is 0 Å². The van der Waals surface area contributed by atoms with Crippen molar-refractivity contribution in [3.63, 3.8) is 0 Å². The third-order valence-corrected chi connectivity index (χ3v) is 6.07. The summed E-state index contributed by atoms with van der Waals surface area (Å²) >= 11 is 3.35. The number of hydrogen-bond donors (Lipinski definition) is 0. The molecule has 1 aromatic carbocycles. The van der Waals surface area contributed by atoms with E-state index in [2.05, 4.69) is 15.9 Å². The summed E-state index contributed by atoms with van der Waals surface area (Å²) in [6, 6.07) is 7.02. The van der Waals surface area contributed by atoms with Gasteiger partial charge in [-0.25, -0.2) is 8.42 Å². The first kappa shape index (κ1) is 13.6. The molecule has 3 rings (SSSR count). The van der Waals surface area contributed by atoms with Gasteiger partial charge in [-0.05, 0) is 55.7 Å². The van der Waals surface area contributed by atoms with Crippen molar-refractivity contribution in [3.05, 3.63) is 28.7 Å². The van der Waals surface area contributed by atoms with Gasteiger partial charge in [-0.2, -0.15) is 4.31 Å². The molecular formula is C14H18BrNO2S. The van der Waals surface area contributed by atoms with Crippen LogP contribution in [0.3, 0.4) is 0 Å². The van der Waals surface area contributed by atoms with E-state index in [9.17, 15) is 8.42 Å². The second-order valence-electron chi connectivity index (χ2n) is 5.67. The quantitative estimate of drug-likeness (QED) is 0.794. The zero-order chi connectivity index (χ0) is 13.5. The van der Waals surface area contributed by atoms with Crippen molar-refractivity contribution in [2.45, 2.75) is 30.6 Å². The molecule has 2 aliphatic carbocycles. The molecule has 2 aliphatic rings. The fraction of sp³-hybridized carbons (Fsp3) is 0.571. The molecule has 0 aliphatic heterocycles. The summed E-state index contributed by atoms with van der Waals surface area (Å²) in [4.78, 5) is 0.406. The highest BCUT2D eigenvalue weighted by Gasteiger charge is 2.35. The maximum absolute atomic E-state index is 12.7. The van der Waals surface area contributed by atoms with E-state index in [-0.39, 0.29) is 0 Å². The summed E-state index contributed by atoms with van der Waals surface area (Å²) in [6.45, 7) is 1.40. The van der Waals surface area contributed by atoms with Crippen molar-refractivity contribution in [1.29, 1.82) is 0 Å². The van der Waals surface area contributed by atoms with Crippen molar-refractivity contribution in [2.75, 3.05) is 13.1 Å². The Labute approximate surface area is 123 Å². The Morgan fingerprint density at radius 2 is 1.68 bits per heavy atom. The fourth-order valence-corrected chi connectivity index (χ4v) is 4.41. The van der Waals surface area contributed by atoms with Crippen molar-refractivity contribution in [1.82, 2.24) is 4.31 Å². The van der Waals surface area contributed by atoms with Crippen LogP contribution in [0.2, 0.25) is 0 Å². The molecule has 0 radical (unpaired) electrons. The van der Waals surface area contributed by atoms with Gasteiger partial charge in [0.25, 0.3) is 0 Å². The summed E-state index contributed by atoms with van der Waals surface area (Å²) < 4.78 is 28.0. The molecule has 1 aromatic rings. The minimum absolute atomic E-state index is 0.406. The molecular weight excluding hydrogens is 326 g/mol. The average molecular weight is 344 g/mol. The topological polar surface area (TPSA) is 37.4 Å². The van der Waals surface area contributed by atoms with Crippen LogP contribution in [0.15, 0.2) is 33.6 Å². The molecule has 0 atom stereocenters. The Hall–Kier alpha value is -0.390. The molecule has 3 nitrogen and oxygen atoms in total. The van der Waals surface area contributed by atoms with Crippen molar-refractivity contribution >= 4 is 26.0 Å². The largest absolute Gasteiger partial charge is 0.243 e. The standard InChI is InChI=1S/C14H18BrNO2S/c15-13-2-1-3-14(8-13)19(17,18)16(9-11-4-5-11)10-12-6-7-12/h1-3,8,11-12H,4-7,9-10H2. The monoisotopic (exact) mass is 343 g/mol. The summed E-state index contributed by atoms with van der Waals surface area (Å²) in [7, 11) is -3.33. The van der Waals surface area contributed by atoms with E-state index in [4.69, 9.17) is 0 Å². The van der Waals surface area contributed by atoms with Gasteiger partial charge in [0.2, 0.25) is 10.0 Å². The lowest BCUT2D eigenvalue weighted by Crippen LogP contribution is -2.34. The smallest absolute Gasteiger partial charge is 0.207 e. The van der Waals surface area contributed by atoms with E-state index in [0.717, 1.165) is 4.47 Å². The summed E-state index contributed by atoms with van der Waals surface area (Å²) in [5, 5.41) is 0. The first-order valence-corrected chi connectivity index (χ1v) is 9.05. The Morgan fingerprint density at radius 1 is 1.11 bits per heavy atom. The molecule has 0 N–H and O–H groups in total. The molecule has 104 valence electrons. The number of rotatable bonds is 6. The maximum atomic E-state index is 12.7. The van der Waals surface area contributed by atoms with Crippen molar-refractivity contribution in [2.24, 2.45) is 11.8 Å². The lowest BCUT2D eigenvalue weighted by atomic mass is 10.4. The normalized spacial score (nSPS) is 19.9. The number of nitrogens with zero attached hydrogens (tertiary/aromatic N) is 1. The summed E-state index contributed by atoms with van der Waals surface area (Å²) in [5.41, 5.74) is 0. The Bertz CT molecular complexity index is 551. The molecule has 0 bridgehead atoms. The predicted octanol–water partition coefficient (Wildman–Crippen LogP) is 3.26. The lowest BCUT2D eigenvalue weighted by molar-refractivity contribution is 0.382. The van der Waals surface area contributed by atoms with E-state index in [1.807, 2.05) is 6.07 Å². The van der Waals surface area contributed by atoms with E-state index in [1.54, 1.807) is 22.5 Å². The van der Waals surface area contributed by atoms with Gasteiger partial charge in [0.15, 0.2) is 0 Å². The maximum Gasteiger partial charge on any atom is 0.243 e. The van der Waals surface area contributed by atoms with Gasteiger partial charge >= 0.3 is 0 Å². The van der Waals surface area contributed by atoms with E-state index in [1.165, 1.54) is 25.7 Å². The van der Waals surface area contributed by atoms with Crippen LogP contribution < -0.4 is 0 Å². The molecule has 19 heavy (non-hydrogen) atoms. The highest BCUT2D eigenvalue weighted by atomic mass is 79.9. The number of benzene rings is 1. The zero-order valence-electron chi connectivity index (χ0n) is 10.8. The first-order valence-electron chi connectivity index (χ1n) is 6.81. The SMILES string of the molecule is O=S(=O)(c1cccc(Br)c1)N(CC1CC1)CC1CC1. The van der Waals surface area contributed by atoms with Crippen LogP contribution in [0.4, 0.5) is 0 Å². The number of hydrogen-bond acceptors (Lipinski definition) is 2. The van der Waals surface area contributed by atoms with Gasteiger partial charge in [0, 0.05) is 17.6 Å². The minimum atomic E-state index is -3.33. The molecule has 5 heteroatoms. The molecule has 0 aromatic heterocycles. The highest BCUT2D eigenvalue weighted by molar-refractivity contribution is 9.10. The average Bonchev–Trinajstić information content (AvgIpc) is 3.23. The molecule has 0 saturated heterocycles. The van der Waals surface area contributed by atoms with Crippen LogP contribution in [0.25, 0.3) is 0 Å². The van der Waals surface area contributed by atoms with E-state index < -0.39 is 10.0 Å². The molecule has 0 spiro atoms. The van der Waals surface area contributed by atoms with Gasteiger partial charge < -0.3 is 0 Å². The molecule has 2 saturated carbocycles. The lowest BCUT2D eigenvalue weighted by Gasteiger charge is -2.22. The minimum Gasteiger partial charge on any atom is -0.207 e. The third kappa shape index (κ3) is 3.38. The molecule has 0 heterocycles. The van der Waals surface area contributed by atoms with Gasteiger partial charge in [-0.15, -0.1) is 0 Å². The predicted molar refractivity (Wildman–Crippen MR) is 78.3 cm³/mol. The Balaban J connectivity index is 1.85. The number of sulfonamides is 1. The second-order valence-corrected chi connectivity index (χ2v) is 8.52. The Morgan fingerprint density at radius 3 is 2.16 bits per heavy atom. The molecule has 0 unspecified atom stereocenters. The van der Waals surface area contributed by atoms with Gasteiger partial charge in [0.05, 0.1) is 4.90 Å². The number of halogens is 1. The zero-order valence-corrected chi connectivity index (χ0v) is 13.2. The van der Waals surface area contributed by atoms with Crippen LogP contribution in [0, 0.1) is 11.8 Å². The van der Waals surface area contributed by atoms with Crippen LogP contribution >= 0.6 is 15.9 Å². The fourth-order valence-electron chi connectivity index (χ4n) is 2.22. The van der Waals surface area contributed by atoms with Gasteiger partial charge in [0.1, 0.15) is 0 Å².